The number of rotatable bonds is 6. The summed E-state index contributed by atoms with van der Waals surface area (Å²) in [5.41, 5.74) is 3.80. The number of nitrogens with one attached hydrogen (secondary N) is 1. The highest BCUT2D eigenvalue weighted by Crippen LogP contribution is 2.29. The van der Waals surface area contributed by atoms with Crippen LogP contribution in [0.25, 0.3) is 11.7 Å². The highest BCUT2D eigenvalue weighted by atomic mass is 35.5. The Morgan fingerprint density at radius 3 is 2.32 bits per heavy atom. The number of hydrogen-bond donors (Lipinski definition) is 3. The number of piperidine rings is 1. The standard InChI is InChI=1S/C22H27F5N6O4.ClH/c1-11(2)10-32-18-13(4-5-14(34)31-8-6-21(23,24)7-9-31)16(28)30-33(18)20(37)15(19(32)36)17(35)29-12(3)22(25,26)27;/h4-5,11-12,37H,6-10H2,1-3H3,(H2,28,30)(H,29,35);1H/b5-4+;/t12-;/m0./s1. The third-order valence-electron chi connectivity index (χ3n) is 5.88. The average molecular weight is 571 g/mol. The van der Waals surface area contributed by atoms with Crippen molar-refractivity contribution >= 4 is 41.8 Å². The molecular weight excluding hydrogens is 543 g/mol. The molecule has 2 aromatic heterocycles. The second-order valence-corrected chi connectivity index (χ2v) is 9.29. The van der Waals surface area contributed by atoms with Crippen LogP contribution < -0.4 is 16.6 Å². The van der Waals surface area contributed by atoms with Gasteiger partial charge in [0.2, 0.25) is 11.8 Å². The number of aromatic hydroxyl groups is 1. The average Bonchev–Trinajstić information content (AvgIpc) is 3.10. The Hall–Kier alpha value is -3.36. The Bertz CT molecular complexity index is 1290. The lowest BCUT2D eigenvalue weighted by Crippen LogP contribution is -2.45. The van der Waals surface area contributed by atoms with Crippen LogP contribution in [0.2, 0.25) is 0 Å². The van der Waals surface area contributed by atoms with Crippen molar-refractivity contribution in [3.63, 3.8) is 0 Å². The molecule has 0 saturated carbocycles. The molecule has 1 aliphatic heterocycles. The number of fused-ring (bicyclic) bond motifs is 1. The molecule has 0 spiro atoms. The van der Waals surface area contributed by atoms with Crippen LogP contribution in [0.3, 0.4) is 0 Å². The molecule has 0 radical (unpaired) electrons. The number of amides is 2. The molecule has 2 aromatic rings. The Labute approximate surface area is 219 Å². The molecule has 1 aliphatic rings. The lowest BCUT2D eigenvalue weighted by atomic mass is 10.1. The van der Waals surface area contributed by atoms with E-state index in [-0.39, 0.29) is 55.0 Å². The number of halogens is 6. The number of carbonyl (C=O) groups is 2. The van der Waals surface area contributed by atoms with Crippen LogP contribution in [-0.4, -0.2) is 67.2 Å². The SMILES string of the molecule is CC(C)Cn1c(=O)c(C(=O)N[C@@H](C)C(F)(F)F)c(O)n2nc(N)c(/C=C/C(=O)N3CCC(F)(F)CC3)c12.Cl. The molecule has 3 rings (SSSR count). The summed E-state index contributed by atoms with van der Waals surface area (Å²) in [5.74, 6) is -6.41. The number of hydrogen-bond acceptors (Lipinski definition) is 6. The zero-order valence-electron chi connectivity index (χ0n) is 20.7. The first-order valence-electron chi connectivity index (χ1n) is 11.4. The number of likely N-dealkylation sites (tertiary alicyclic amines) is 1. The van der Waals surface area contributed by atoms with Crippen molar-refractivity contribution in [2.75, 3.05) is 18.8 Å². The molecule has 0 bridgehead atoms. The Balaban J connectivity index is 0.00000507. The third kappa shape index (κ3) is 6.37. The predicted octanol–water partition coefficient (Wildman–Crippen LogP) is 2.81. The van der Waals surface area contributed by atoms with E-state index >= 15 is 0 Å². The summed E-state index contributed by atoms with van der Waals surface area (Å²) in [6.07, 6.45) is -3.50. The minimum Gasteiger partial charge on any atom is -0.492 e. The topological polar surface area (TPSA) is 135 Å². The summed E-state index contributed by atoms with van der Waals surface area (Å²) in [6.45, 7) is 3.77. The molecule has 10 nitrogen and oxygen atoms in total. The van der Waals surface area contributed by atoms with E-state index in [0.717, 1.165) is 15.2 Å². The van der Waals surface area contributed by atoms with E-state index in [1.165, 1.54) is 11.0 Å². The summed E-state index contributed by atoms with van der Waals surface area (Å²) in [6, 6.07) is -2.31. The van der Waals surface area contributed by atoms with Crippen LogP contribution in [0.15, 0.2) is 10.9 Å². The van der Waals surface area contributed by atoms with Gasteiger partial charge >= 0.3 is 6.18 Å². The second-order valence-electron chi connectivity index (χ2n) is 9.29. The molecule has 38 heavy (non-hydrogen) atoms. The number of nitrogen functional groups attached to an aromatic ring is 1. The maximum absolute atomic E-state index is 13.4. The Morgan fingerprint density at radius 1 is 1.21 bits per heavy atom. The molecule has 212 valence electrons. The molecule has 4 N–H and O–H groups in total. The number of carbonyl (C=O) groups excluding carboxylic acids is 2. The number of nitrogens with two attached hydrogens (primary N) is 1. The number of anilines is 1. The molecule has 2 amide bonds. The van der Waals surface area contributed by atoms with Gasteiger partial charge < -0.3 is 21.1 Å². The monoisotopic (exact) mass is 570 g/mol. The minimum atomic E-state index is -4.79. The molecule has 3 heterocycles. The van der Waals surface area contributed by atoms with E-state index < -0.39 is 59.8 Å². The van der Waals surface area contributed by atoms with Gasteiger partial charge in [-0.05, 0) is 18.9 Å². The third-order valence-corrected chi connectivity index (χ3v) is 5.88. The lowest BCUT2D eigenvalue weighted by molar-refractivity contribution is -0.149. The van der Waals surface area contributed by atoms with Gasteiger partial charge in [0.05, 0.1) is 5.56 Å². The molecule has 1 fully saturated rings. The summed E-state index contributed by atoms with van der Waals surface area (Å²) in [5, 5.41) is 16.2. The summed E-state index contributed by atoms with van der Waals surface area (Å²) < 4.78 is 67.4. The highest BCUT2D eigenvalue weighted by Gasteiger charge is 2.39. The van der Waals surface area contributed by atoms with Gasteiger partial charge in [0.1, 0.15) is 6.04 Å². The maximum atomic E-state index is 13.4. The fraction of sp³-hybridized carbons (Fsp3) is 0.545. The summed E-state index contributed by atoms with van der Waals surface area (Å²) >= 11 is 0. The zero-order chi connectivity index (χ0) is 27.9. The smallest absolute Gasteiger partial charge is 0.408 e. The normalized spacial score (nSPS) is 16.6. The maximum Gasteiger partial charge on any atom is 0.408 e. The lowest BCUT2D eigenvalue weighted by Gasteiger charge is -2.30. The van der Waals surface area contributed by atoms with E-state index in [1.54, 1.807) is 19.2 Å². The molecule has 0 aromatic carbocycles. The van der Waals surface area contributed by atoms with E-state index in [9.17, 15) is 41.4 Å². The van der Waals surface area contributed by atoms with Gasteiger partial charge in [0.25, 0.3) is 17.4 Å². The molecule has 1 atom stereocenters. The summed E-state index contributed by atoms with van der Waals surface area (Å²) in [7, 11) is 0. The van der Waals surface area contributed by atoms with Gasteiger partial charge in [0, 0.05) is 38.6 Å². The van der Waals surface area contributed by atoms with Crippen molar-refractivity contribution in [1.29, 1.82) is 0 Å². The zero-order valence-corrected chi connectivity index (χ0v) is 21.5. The largest absolute Gasteiger partial charge is 0.492 e. The van der Waals surface area contributed by atoms with E-state index in [0.29, 0.717) is 6.92 Å². The van der Waals surface area contributed by atoms with Crippen LogP contribution in [0.1, 0.15) is 49.5 Å². The Morgan fingerprint density at radius 2 is 1.79 bits per heavy atom. The first kappa shape index (κ1) is 30.9. The van der Waals surface area contributed by atoms with E-state index in [4.69, 9.17) is 5.73 Å². The van der Waals surface area contributed by atoms with Crippen molar-refractivity contribution in [2.24, 2.45) is 5.92 Å². The Kier molecular flexibility index (Phi) is 9.07. The first-order valence-corrected chi connectivity index (χ1v) is 11.4. The molecule has 0 unspecified atom stereocenters. The summed E-state index contributed by atoms with van der Waals surface area (Å²) in [4.78, 5) is 39.6. The first-order chi connectivity index (χ1) is 17.0. The van der Waals surface area contributed by atoms with Crippen molar-refractivity contribution < 1.29 is 36.6 Å². The van der Waals surface area contributed by atoms with Crippen LogP contribution in [-0.2, 0) is 11.3 Å². The van der Waals surface area contributed by atoms with Crippen molar-refractivity contribution in [1.82, 2.24) is 24.4 Å². The van der Waals surface area contributed by atoms with E-state index in [1.807, 2.05) is 0 Å². The van der Waals surface area contributed by atoms with Crippen LogP contribution in [0.5, 0.6) is 5.88 Å². The van der Waals surface area contributed by atoms with Crippen molar-refractivity contribution in [3.8, 4) is 5.88 Å². The van der Waals surface area contributed by atoms with Gasteiger partial charge in [-0.15, -0.1) is 17.5 Å². The predicted molar refractivity (Wildman–Crippen MR) is 130 cm³/mol. The van der Waals surface area contributed by atoms with Crippen LogP contribution in [0.4, 0.5) is 27.8 Å². The minimum absolute atomic E-state index is 0. The van der Waals surface area contributed by atoms with Gasteiger partial charge in [-0.25, -0.2) is 8.78 Å². The van der Waals surface area contributed by atoms with Gasteiger partial charge in [0.15, 0.2) is 17.0 Å². The van der Waals surface area contributed by atoms with E-state index in [2.05, 4.69) is 5.10 Å². The number of alkyl halides is 5. The van der Waals surface area contributed by atoms with Crippen LogP contribution >= 0.6 is 12.4 Å². The van der Waals surface area contributed by atoms with Gasteiger partial charge in [-0.3, -0.25) is 19.0 Å². The van der Waals surface area contributed by atoms with Gasteiger partial charge in [-0.2, -0.15) is 17.7 Å². The van der Waals surface area contributed by atoms with Crippen molar-refractivity contribution in [3.05, 3.63) is 27.6 Å². The fourth-order valence-electron chi connectivity index (χ4n) is 3.84. The quantitative estimate of drug-likeness (QED) is 0.361. The van der Waals surface area contributed by atoms with Crippen LogP contribution in [0, 0.1) is 5.92 Å². The van der Waals surface area contributed by atoms with Gasteiger partial charge in [-0.1, -0.05) is 13.8 Å². The second kappa shape index (κ2) is 11.2. The molecule has 1 saturated heterocycles. The molecule has 0 aliphatic carbocycles. The number of nitrogens with zero attached hydrogens (tertiary/aromatic N) is 4. The molecule has 16 heteroatoms. The fourth-order valence-corrected chi connectivity index (χ4v) is 3.84. The number of aromatic nitrogens is 3. The molecular formula is C22H28ClF5N6O4. The van der Waals surface area contributed by atoms with Crippen molar-refractivity contribution in [2.45, 2.75) is 58.3 Å². The highest BCUT2D eigenvalue weighted by molar-refractivity contribution is 5.97.